The molecule has 0 fully saturated rings. The molecule has 0 saturated carbocycles. The molecule has 0 aliphatic rings. The summed E-state index contributed by atoms with van der Waals surface area (Å²) in [6.07, 6.45) is 0.994. The Morgan fingerprint density at radius 1 is 1.78 bits per heavy atom. The predicted octanol–water partition coefficient (Wildman–Crippen LogP) is -0.445. The zero-order chi connectivity index (χ0) is 6.69. The number of aliphatic hydroxyl groups is 1. The SMILES string of the molecule is [NH3+]C[C@@H](O)c1ccco1. The van der Waals surface area contributed by atoms with Crippen LogP contribution in [0.3, 0.4) is 0 Å². The van der Waals surface area contributed by atoms with E-state index < -0.39 is 6.10 Å². The van der Waals surface area contributed by atoms with Crippen molar-refractivity contribution in [1.29, 1.82) is 0 Å². The van der Waals surface area contributed by atoms with Gasteiger partial charge in [-0.15, -0.1) is 0 Å². The highest BCUT2D eigenvalue weighted by Crippen LogP contribution is 2.09. The van der Waals surface area contributed by atoms with E-state index in [0.29, 0.717) is 12.3 Å². The molecule has 3 nitrogen and oxygen atoms in total. The van der Waals surface area contributed by atoms with Crippen molar-refractivity contribution in [2.75, 3.05) is 6.54 Å². The molecule has 1 atom stereocenters. The van der Waals surface area contributed by atoms with Gasteiger partial charge >= 0.3 is 0 Å². The Balaban J connectivity index is 2.65. The number of rotatable bonds is 2. The molecule has 0 aliphatic carbocycles. The predicted molar refractivity (Wildman–Crippen MR) is 31.4 cm³/mol. The van der Waals surface area contributed by atoms with Gasteiger partial charge in [-0.1, -0.05) is 0 Å². The Morgan fingerprint density at radius 2 is 2.56 bits per heavy atom. The first-order valence-corrected chi connectivity index (χ1v) is 2.85. The van der Waals surface area contributed by atoms with E-state index in [1.807, 2.05) is 0 Å². The van der Waals surface area contributed by atoms with Crippen LogP contribution in [0.25, 0.3) is 0 Å². The van der Waals surface area contributed by atoms with Gasteiger partial charge in [-0.3, -0.25) is 0 Å². The van der Waals surface area contributed by atoms with Crippen molar-refractivity contribution in [3.05, 3.63) is 24.2 Å². The van der Waals surface area contributed by atoms with Gasteiger partial charge in [0.05, 0.1) is 6.26 Å². The summed E-state index contributed by atoms with van der Waals surface area (Å²) in [6, 6.07) is 3.48. The molecular formula is C6H10NO2+. The largest absolute Gasteiger partial charge is 0.466 e. The molecule has 0 aromatic carbocycles. The molecule has 0 radical (unpaired) electrons. The Bertz CT molecular complexity index is 160. The van der Waals surface area contributed by atoms with Gasteiger partial charge < -0.3 is 15.3 Å². The van der Waals surface area contributed by atoms with Crippen LogP contribution in [0.15, 0.2) is 22.8 Å². The summed E-state index contributed by atoms with van der Waals surface area (Å²) >= 11 is 0. The number of quaternary nitrogens is 1. The van der Waals surface area contributed by atoms with Crippen molar-refractivity contribution in [1.82, 2.24) is 0 Å². The fourth-order valence-electron chi connectivity index (χ4n) is 0.623. The van der Waals surface area contributed by atoms with Gasteiger partial charge in [0.2, 0.25) is 0 Å². The van der Waals surface area contributed by atoms with Gasteiger partial charge in [-0.2, -0.15) is 0 Å². The molecule has 0 amide bonds. The molecule has 3 heteroatoms. The zero-order valence-corrected chi connectivity index (χ0v) is 5.08. The van der Waals surface area contributed by atoms with Crippen LogP contribution >= 0.6 is 0 Å². The Morgan fingerprint density at radius 3 is 3.00 bits per heavy atom. The first-order chi connectivity index (χ1) is 4.34. The minimum atomic E-state index is -0.542. The molecule has 1 heterocycles. The van der Waals surface area contributed by atoms with Gasteiger partial charge in [0.1, 0.15) is 12.3 Å². The van der Waals surface area contributed by atoms with Gasteiger partial charge in [0, 0.05) is 0 Å². The Labute approximate surface area is 53.1 Å². The summed E-state index contributed by atoms with van der Waals surface area (Å²) in [5.74, 6) is 0.588. The zero-order valence-electron chi connectivity index (χ0n) is 5.08. The fraction of sp³-hybridized carbons (Fsp3) is 0.333. The molecule has 4 N–H and O–H groups in total. The van der Waals surface area contributed by atoms with Crippen molar-refractivity contribution >= 4 is 0 Å². The van der Waals surface area contributed by atoms with Crippen LogP contribution in [-0.2, 0) is 0 Å². The molecule has 0 aliphatic heterocycles. The first kappa shape index (κ1) is 6.32. The van der Waals surface area contributed by atoms with Crippen LogP contribution in [0.2, 0.25) is 0 Å². The quantitative estimate of drug-likeness (QED) is 0.567. The van der Waals surface area contributed by atoms with Gasteiger partial charge in [-0.25, -0.2) is 0 Å². The van der Waals surface area contributed by atoms with E-state index in [1.165, 1.54) is 6.26 Å². The van der Waals surface area contributed by atoms with Crippen molar-refractivity contribution in [2.45, 2.75) is 6.10 Å². The lowest BCUT2D eigenvalue weighted by atomic mass is 10.3. The standard InChI is InChI=1S/C6H9NO2/c7-4-5(8)6-2-1-3-9-6/h1-3,5,8H,4,7H2/p+1/t5-/m1/s1. The average Bonchev–Trinajstić information content (AvgIpc) is 2.37. The maximum atomic E-state index is 9.06. The van der Waals surface area contributed by atoms with Crippen molar-refractivity contribution in [3.8, 4) is 0 Å². The van der Waals surface area contributed by atoms with Crippen LogP contribution in [0, 0.1) is 0 Å². The number of aliphatic hydroxyl groups excluding tert-OH is 1. The topological polar surface area (TPSA) is 61.0 Å². The molecule has 0 unspecified atom stereocenters. The second-order valence-corrected chi connectivity index (χ2v) is 1.82. The van der Waals surface area contributed by atoms with Crippen LogP contribution in [0.5, 0.6) is 0 Å². The molecular weight excluding hydrogens is 118 g/mol. The minimum Gasteiger partial charge on any atom is -0.466 e. The van der Waals surface area contributed by atoms with E-state index >= 15 is 0 Å². The van der Waals surface area contributed by atoms with Crippen molar-refractivity contribution in [2.24, 2.45) is 0 Å². The van der Waals surface area contributed by atoms with Crippen molar-refractivity contribution < 1.29 is 15.3 Å². The van der Waals surface area contributed by atoms with Gasteiger partial charge in [0.25, 0.3) is 0 Å². The molecule has 1 aromatic heterocycles. The van der Waals surface area contributed by atoms with Gasteiger partial charge in [0.15, 0.2) is 6.10 Å². The lowest BCUT2D eigenvalue weighted by Gasteiger charge is -1.98. The summed E-state index contributed by atoms with van der Waals surface area (Å²) < 4.78 is 4.90. The maximum Gasteiger partial charge on any atom is 0.160 e. The third-order valence-electron chi connectivity index (χ3n) is 1.15. The molecule has 1 aromatic rings. The van der Waals surface area contributed by atoms with E-state index in [-0.39, 0.29) is 0 Å². The normalized spacial score (nSPS) is 13.6. The van der Waals surface area contributed by atoms with E-state index in [9.17, 15) is 0 Å². The summed E-state index contributed by atoms with van der Waals surface area (Å²) in [6.45, 7) is 0.452. The maximum absolute atomic E-state index is 9.06. The highest BCUT2D eigenvalue weighted by molar-refractivity contribution is 5.01. The monoisotopic (exact) mass is 128 g/mol. The van der Waals surface area contributed by atoms with E-state index in [1.54, 1.807) is 12.1 Å². The molecule has 50 valence electrons. The molecule has 1 rings (SSSR count). The van der Waals surface area contributed by atoms with E-state index in [2.05, 4.69) is 5.73 Å². The first-order valence-electron chi connectivity index (χ1n) is 2.85. The minimum absolute atomic E-state index is 0.452. The lowest BCUT2D eigenvalue weighted by Crippen LogP contribution is -2.52. The smallest absolute Gasteiger partial charge is 0.160 e. The molecule has 0 spiro atoms. The number of hydrogen-bond acceptors (Lipinski definition) is 2. The highest BCUT2D eigenvalue weighted by Gasteiger charge is 2.07. The average molecular weight is 128 g/mol. The van der Waals surface area contributed by atoms with Gasteiger partial charge in [-0.05, 0) is 12.1 Å². The Kier molecular flexibility index (Phi) is 1.87. The fourth-order valence-corrected chi connectivity index (χ4v) is 0.623. The second kappa shape index (κ2) is 2.66. The summed E-state index contributed by atoms with van der Waals surface area (Å²) in [5.41, 5.74) is 3.53. The van der Waals surface area contributed by atoms with Crippen LogP contribution in [-0.4, -0.2) is 11.7 Å². The van der Waals surface area contributed by atoms with E-state index in [0.717, 1.165) is 0 Å². The van der Waals surface area contributed by atoms with Crippen molar-refractivity contribution in [3.63, 3.8) is 0 Å². The lowest BCUT2D eigenvalue weighted by molar-refractivity contribution is -0.386. The number of hydrogen-bond donors (Lipinski definition) is 2. The number of furan rings is 1. The molecule has 0 saturated heterocycles. The van der Waals surface area contributed by atoms with E-state index in [4.69, 9.17) is 9.52 Å². The molecule has 0 bridgehead atoms. The van der Waals surface area contributed by atoms with Crippen LogP contribution in [0.4, 0.5) is 0 Å². The molecule has 9 heavy (non-hydrogen) atoms. The summed E-state index contributed by atoms with van der Waals surface area (Å²) in [5, 5.41) is 9.06. The summed E-state index contributed by atoms with van der Waals surface area (Å²) in [7, 11) is 0. The van der Waals surface area contributed by atoms with Crippen LogP contribution < -0.4 is 5.73 Å². The third-order valence-corrected chi connectivity index (χ3v) is 1.15. The summed E-state index contributed by atoms with van der Waals surface area (Å²) in [4.78, 5) is 0. The highest BCUT2D eigenvalue weighted by atomic mass is 16.4. The third kappa shape index (κ3) is 1.31. The second-order valence-electron chi connectivity index (χ2n) is 1.82. The Hall–Kier alpha value is -0.800. The van der Waals surface area contributed by atoms with Crippen LogP contribution in [0.1, 0.15) is 11.9 Å².